The SMILES string of the molecule is c1ccc(-c2nc(-c3ccccc3)nc(-c3ccc(-c4ccc5sc6ccccc6c5c4)c4oc5cc6ccccc6cc5c34)n2)cc1. The monoisotopic (exact) mass is 631 g/mol. The number of aromatic nitrogens is 3. The highest BCUT2D eigenvalue weighted by Gasteiger charge is 2.21. The first-order chi connectivity index (χ1) is 23.8. The summed E-state index contributed by atoms with van der Waals surface area (Å²) in [6, 6.07) is 52.7. The van der Waals surface area contributed by atoms with E-state index in [4.69, 9.17) is 19.4 Å². The Bertz CT molecular complexity index is 2780. The van der Waals surface area contributed by atoms with Gasteiger partial charge in [-0.25, -0.2) is 15.0 Å². The third kappa shape index (κ3) is 4.33. The molecule has 0 aliphatic rings. The highest BCUT2D eigenvalue weighted by molar-refractivity contribution is 7.25. The van der Waals surface area contributed by atoms with Gasteiger partial charge in [-0.2, -0.15) is 0 Å². The number of rotatable bonds is 4. The van der Waals surface area contributed by atoms with Gasteiger partial charge in [-0.15, -0.1) is 11.3 Å². The summed E-state index contributed by atoms with van der Waals surface area (Å²) < 4.78 is 9.41. The second kappa shape index (κ2) is 10.7. The first kappa shape index (κ1) is 27.0. The Balaban J connectivity index is 1.28. The molecule has 10 aromatic rings. The van der Waals surface area contributed by atoms with Gasteiger partial charge in [0.25, 0.3) is 0 Å². The van der Waals surface area contributed by atoms with E-state index in [1.807, 2.05) is 72.0 Å². The Labute approximate surface area is 279 Å². The van der Waals surface area contributed by atoms with Crippen LogP contribution >= 0.6 is 11.3 Å². The van der Waals surface area contributed by atoms with Crippen LogP contribution < -0.4 is 0 Å². The van der Waals surface area contributed by atoms with E-state index in [1.54, 1.807) is 0 Å². The summed E-state index contributed by atoms with van der Waals surface area (Å²) in [4.78, 5) is 15.2. The largest absolute Gasteiger partial charge is 0.455 e. The number of nitrogens with zero attached hydrogens (tertiary/aromatic N) is 3. The van der Waals surface area contributed by atoms with Crippen LogP contribution in [0.3, 0.4) is 0 Å². The van der Waals surface area contributed by atoms with Crippen LogP contribution in [0, 0.1) is 0 Å². The smallest absolute Gasteiger partial charge is 0.164 e. The van der Waals surface area contributed by atoms with Crippen LogP contribution in [0.25, 0.3) is 98.2 Å². The van der Waals surface area contributed by atoms with Crippen LogP contribution in [0.5, 0.6) is 0 Å². The predicted molar refractivity (Wildman–Crippen MR) is 199 cm³/mol. The van der Waals surface area contributed by atoms with Gasteiger partial charge in [-0.3, -0.25) is 0 Å². The van der Waals surface area contributed by atoms with Crippen molar-refractivity contribution >= 4 is 64.2 Å². The van der Waals surface area contributed by atoms with Crippen molar-refractivity contribution in [2.75, 3.05) is 0 Å². The van der Waals surface area contributed by atoms with E-state index in [1.165, 1.54) is 20.2 Å². The van der Waals surface area contributed by atoms with E-state index >= 15 is 0 Å². The number of thiophene rings is 1. The van der Waals surface area contributed by atoms with E-state index in [2.05, 4.69) is 91.0 Å². The zero-order chi connectivity index (χ0) is 31.6. The molecule has 3 heterocycles. The molecule has 3 aromatic heterocycles. The average Bonchev–Trinajstić information content (AvgIpc) is 3.72. The van der Waals surface area contributed by atoms with E-state index in [9.17, 15) is 0 Å². The maximum Gasteiger partial charge on any atom is 0.164 e. The molecule has 4 nitrogen and oxygen atoms in total. The lowest BCUT2D eigenvalue weighted by Crippen LogP contribution is -2.00. The third-order valence-electron chi connectivity index (χ3n) is 9.11. The molecule has 48 heavy (non-hydrogen) atoms. The summed E-state index contributed by atoms with van der Waals surface area (Å²) >= 11 is 1.83. The van der Waals surface area contributed by atoms with Gasteiger partial charge in [-0.1, -0.05) is 109 Å². The highest BCUT2D eigenvalue weighted by Crippen LogP contribution is 2.44. The number of benzene rings is 7. The van der Waals surface area contributed by atoms with E-state index < -0.39 is 0 Å². The summed E-state index contributed by atoms with van der Waals surface area (Å²) in [5, 5.41) is 6.84. The molecular formula is C43H25N3OS. The van der Waals surface area contributed by atoms with Crippen molar-refractivity contribution in [3.63, 3.8) is 0 Å². The molecule has 0 N–H and O–H groups in total. The first-order valence-corrected chi connectivity index (χ1v) is 16.8. The molecule has 10 rings (SSSR count). The van der Waals surface area contributed by atoms with Crippen LogP contribution in [0.1, 0.15) is 0 Å². The van der Waals surface area contributed by atoms with E-state index in [-0.39, 0.29) is 0 Å². The molecule has 0 aliphatic carbocycles. The summed E-state index contributed by atoms with van der Waals surface area (Å²) in [5.74, 6) is 1.86. The lowest BCUT2D eigenvalue weighted by atomic mass is 9.96. The maximum atomic E-state index is 6.85. The minimum atomic E-state index is 0.606. The van der Waals surface area contributed by atoms with Crippen LogP contribution in [-0.2, 0) is 0 Å². The van der Waals surface area contributed by atoms with Crippen LogP contribution in [0.2, 0.25) is 0 Å². The van der Waals surface area contributed by atoms with Crippen molar-refractivity contribution < 1.29 is 4.42 Å². The number of fused-ring (bicyclic) bond motifs is 7. The van der Waals surface area contributed by atoms with Crippen LogP contribution in [0.4, 0.5) is 0 Å². The minimum absolute atomic E-state index is 0.606. The van der Waals surface area contributed by atoms with E-state index in [0.717, 1.165) is 60.5 Å². The second-order valence-corrected chi connectivity index (χ2v) is 13.1. The molecule has 0 radical (unpaired) electrons. The van der Waals surface area contributed by atoms with Crippen LogP contribution in [-0.4, -0.2) is 15.0 Å². The molecule has 7 aromatic carbocycles. The van der Waals surface area contributed by atoms with Gasteiger partial charge in [0.2, 0.25) is 0 Å². The molecule has 0 saturated carbocycles. The Morgan fingerprint density at radius 3 is 1.77 bits per heavy atom. The standard InChI is InChI=1S/C43H25N3OS/c1-3-11-26(12-4-1)41-44-42(27-13-5-2-6-14-27)46-43(45-41)33-21-20-31(30-19-22-38-34(24-30)32-17-9-10-18-37(32)48-38)40-39(33)35-23-28-15-7-8-16-29(28)25-36(35)47-40/h1-25H. The van der Waals surface area contributed by atoms with Crippen molar-refractivity contribution in [2.45, 2.75) is 0 Å². The van der Waals surface area contributed by atoms with Gasteiger partial charge in [0.1, 0.15) is 11.2 Å². The molecule has 0 unspecified atom stereocenters. The van der Waals surface area contributed by atoms with Gasteiger partial charge in [0.05, 0.1) is 0 Å². The molecule has 0 fully saturated rings. The second-order valence-electron chi connectivity index (χ2n) is 12.0. The van der Waals surface area contributed by atoms with Crippen molar-refractivity contribution in [3.8, 4) is 45.3 Å². The van der Waals surface area contributed by atoms with Crippen molar-refractivity contribution in [1.29, 1.82) is 0 Å². The van der Waals surface area contributed by atoms with Crippen molar-refractivity contribution in [3.05, 3.63) is 152 Å². The van der Waals surface area contributed by atoms with Gasteiger partial charge in [-0.05, 0) is 58.8 Å². The first-order valence-electron chi connectivity index (χ1n) is 15.9. The Morgan fingerprint density at radius 1 is 0.417 bits per heavy atom. The summed E-state index contributed by atoms with van der Waals surface area (Å²) in [5.41, 5.74) is 6.57. The molecule has 0 atom stereocenters. The van der Waals surface area contributed by atoms with Gasteiger partial charge >= 0.3 is 0 Å². The average molecular weight is 632 g/mol. The fourth-order valence-corrected chi connectivity index (χ4v) is 7.89. The van der Waals surface area contributed by atoms with E-state index in [0.29, 0.717) is 17.5 Å². The molecule has 0 aliphatic heterocycles. The zero-order valence-corrected chi connectivity index (χ0v) is 26.4. The van der Waals surface area contributed by atoms with Crippen molar-refractivity contribution in [2.24, 2.45) is 0 Å². The molecule has 0 saturated heterocycles. The predicted octanol–water partition coefficient (Wildman–Crippen LogP) is 12.0. The molecule has 0 spiro atoms. The summed E-state index contributed by atoms with van der Waals surface area (Å²) in [7, 11) is 0. The van der Waals surface area contributed by atoms with Gasteiger partial charge in [0.15, 0.2) is 17.5 Å². The topological polar surface area (TPSA) is 51.8 Å². The lowest BCUT2D eigenvalue weighted by molar-refractivity contribution is 0.670. The summed E-state index contributed by atoms with van der Waals surface area (Å²) in [6.45, 7) is 0. The number of furan rings is 1. The number of hydrogen-bond donors (Lipinski definition) is 0. The van der Waals surface area contributed by atoms with Gasteiger partial charge < -0.3 is 4.42 Å². The highest BCUT2D eigenvalue weighted by atomic mass is 32.1. The number of hydrogen-bond acceptors (Lipinski definition) is 5. The molecule has 0 bridgehead atoms. The zero-order valence-electron chi connectivity index (χ0n) is 25.6. The molecule has 224 valence electrons. The molecule has 0 amide bonds. The van der Waals surface area contributed by atoms with Crippen molar-refractivity contribution in [1.82, 2.24) is 15.0 Å². The quantitative estimate of drug-likeness (QED) is 0.194. The molecule has 5 heteroatoms. The van der Waals surface area contributed by atoms with Gasteiger partial charge in [0, 0.05) is 53.2 Å². The Hall–Kier alpha value is -6.17. The Kier molecular flexibility index (Phi) is 6.01. The third-order valence-corrected chi connectivity index (χ3v) is 10.3. The Morgan fingerprint density at radius 2 is 1.02 bits per heavy atom. The fraction of sp³-hybridized carbons (Fsp3) is 0. The maximum absolute atomic E-state index is 6.85. The lowest BCUT2D eigenvalue weighted by Gasteiger charge is -2.11. The summed E-state index contributed by atoms with van der Waals surface area (Å²) in [6.07, 6.45) is 0. The fourth-order valence-electron chi connectivity index (χ4n) is 6.80. The van der Waals surface area contributed by atoms with Crippen LogP contribution in [0.15, 0.2) is 156 Å². The molecular weight excluding hydrogens is 607 g/mol. The minimum Gasteiger partial charge on any atom is -0.455 e. The normalized spacial score (nSPS) is 11.8.